The Morgan fingerprint density at radius 3 is 2.48 bits per heavy atom. The number of amides is 1. The second-order valence-corrected chi connectivity index (χ2v) is 11.7. The Morgan fingerprint density at radius 2 is 1.81 bits per heavy atom. The van der Waals surface area contributed by atoms with Crippen molar-refractivity contribution in [2.24, 2.45) is 23.5 Å². The first kappa shape index (κ1) is 29.5. The summed E-state index contributed by atoms with van der Waals surface area (Å²) in [5, 5.41) is 33.3. The molecule has 1 amide bonds. The number of hydrogen-bond acceptors (Lipinski definition) is 9. The molecule has 10 nitrogen and oxygen atoms in total. The number of rotatable bonds is 8. The van der Waals surface area contributed by atoms with E-state index in [4.69, 9.17) is 10.5 Å². The van der Waals surface area contributed by atoms with Crippen LogP contribution in [0.15, 0.2) is 53.3 Å². The van der Waals surface area contributed by atoms with Crippen LogP contribution in [0.25, 0.3) is 16.9 Å². The van der Waals surface area contributed by atoms with Gasteiger partial charge in [-0.2, -0.15) is 0 Å². The second kappa shape index (κ2) is 11.4. The molecule has 0 spiro atoms. The zero-order valence-electron chi connectivity index (χ0n) is 24.3. The highest BCUT2D eigenvalue weighted by molar-refractivity contribution is 6.28. The zero-order chi connectivity index (χ0) is 30.5. The van der Waals surface area contributed by atoms with Gasteiger partial charge in [0.15, 0.2) is 11.6 Å². The highest BCUT2D eigenvalue weighted by atomic mass is 16.5. The average Bonchev–Trinajstić information content (AvgIpc) is 2.91. The fourth-order valence-corrected chi connectivity index (χ4v) is 7.01. The summed E-state index contributed by atoms with van der Waals surface area (Å²) in [5.41, 5.74) is 8.64. The minimum Gasteiger partial charge on any atom is -0.510 e. The lowest BCUT2D eigenvalue weighted by molar-refractivity contribution is -0.136. The van der Waals surface area contributed by atoms with E-state index in [-0.39, 0.29) is 22.6 Å². The second-order valence-electron chi connectivity index (χ2n) is 11.7. The molecule has 3 aliphatic rings. The molecule has 0 aliphatic heterocycles. The van der Waals surface area contributed by atoms with Crippen LogP contribution in [-0.4, -0.2) is 90.0 Å². The van der Waals surface area contributed by atoms with Gasteiger partial charge in [-0.25, -0.2) is 0 Å². The highest BCUT2D eigenvalue weighted by Gasteiger charge is 2.55. The number of phenols is 1. The SMILES string of the molecule is COCCN(C)Cc1cccc(-c2ccc(O)c3c2CC2CC4C(C(=O)C(C(N)=O)=C(O)[C@H]4N(C)C)C(=O)C2=C3O)c1. The molecule has 0 bridgehead atoms. The summed E-state index contributed by atoms with van der Waals surface area (Å²) < 4.78 is 5.18. The van der Waals surface area contributed by atoms with E-state index < -0.39 is 52.6 Å². The zero-order valence-corrected chi connectivity index (χ0v) is 24.3. The molecule has 0 saturated heterocycles. The standard InChI is InChI=1S/C32H37N3O7/c1-34(2)27-21-14-18-13-20-19(17-7-5-6-16(12-17)15-35(3)10-11-42-4)8-9-22(36)24(20)28(37)23(18)29(38)25(21)30(39)26(31(27)40)32(33)41/h5-9,12,18,21,25,27,36-37,40H,10-11,13-15H2,1-4H3,(H2,33,41)/t18?,21?,25?,27-/m0/s1. The van der Waals surface area contributed by atoms with Crippen LogP contribution in [0.4, 0.5) is 0 Å². The molecule has 3 aliphatic carbocycles. The van der Waals surface area contributed by atoms with Crippen LogP contribution in [0, 0.1) is 17.8 Å². The van der Waals surface area contributed by atoms with Gasteiger partial charge in [0.05, 0.1) is 24.1 Å². The highest BCUT2D eigenvalue weighted by Crippen LogP contribution is 2.51. The number of ketones is 2. The average molecular weight is 576 g/mol. The molecular weight excluding hydrogens is 538 g/mol. The molecule has 5 N–H and O–H groups in total. The van der Waals surface area contributed by atoms with Crippen molar-refractivity contribution < 1.29 is 34.4 Å². The number of Topliss-reactive ketones (excluding diaryl/α,β-unsaturated/α-hetero) is 2. The number of phenolic OH excluding ortho intramolecular Hbond substituents is 1. The van der Waals surface area contributed by atoms with Gasteiger partial charge >= 0.3 is 0 Å². The first-order chi connectivity index (χ1) is 20.0. The summed E-state index contributed by atoms with van der Waals surface area (Å²) >= 11 is 0. The van der Waals surface area contributed by atoms with E-state index in [1.165, 1.54) is 6.07 Å². The minimum absolute atomic E-state index is 0.0702. The number of carbonyl (C=O) groups excluding carboxylic acids is 3. The van der Waals surface area contributed by atoms with Gasteiger partial charge in [0.1, 0.15) is 22.8 Å². The van der Waals surface area contributed by atoms with Crippen LogP contribution >= 0.6 is 0 Å². The smallest absolute Gasteiger partial charge is 0.255 e. The lowest BCUT2D eigenvalue weighted by Gasteiger charge is -2.46. The fraction of sp³-hybridized carbons (Fsp3) is 0.406. The molecular formula is C32H37N3O7. The number of nitrogens with zero attached hydrogens (tertiary/aromatic N) is 2. The lowest BCUT2D eigenvalue weighted by Crippen LogP contribution is -2.55. The molecule has 0 radical (unpaired) electrons. The predicted molar refractivity (Wildman–Crippen MR) is 156 cm³/mol. The minimum atomic E-state index is -1.28. The number of aromatic hydroxyl groups is 1. The normalized spacial score (nSPS) is 23.8. The molecule has 0 heterocycles. The molecule has 2 aromatic rings. The molecule has 1 saturated carbocycles. The van der Waals surface area contributed by atoms with Crippen molar-refractivity contribution in [1.29, 1.82) is 0 Å². The van der Waals surface area contributed by atoms with Crippen molar-refractivity contribution in [3.63, 3.8) is 0 Å². The van der Waals surface area contributed by atoms with Crippen LogP contribution in [-0.2, 0) is 32.1 Å². The number of benzene rings is 2. The molecule has 0 aromatic heterocycles. The lowest BCUT2D eigenvalue weighted by atomic mass is 9.59. The van der Waals surface area contributed by atoms with Gasteiger partial charge in [0.25, 0.3) is 5.91 Å². The van der Waals surface area contributed by atoms with E-state index in [0.29, 0.717) is 31.6 Å². The van der Waals surface area contributed by atoms with Gasteiger partial charge in [-0.1, -0.05) is 24.3 Å². The van der Waals surface area contributed by atoms with Gasteiger partial charge in [-0.3, -0.25) is 24.2 Å². The largest absolute Gasteiger partial charge is 0.510 e. The maximum atomic E-state index is 13.9. The number of ether oxygens (including phenoxy) is 1. The first-order valence-electron chi connectivity index (χ1n) is 14.0. The number of aliphatic hydroxyl groups excluding tert-OH is 2. The van der Waals surface area contributed by atoms with Crippen LogP contribution in [0.5, 0.6) is 5.75 Å². The monoisotopic (exact) mass is 575 g/mol. The van der Waals surface area contributed by atoms with E-state index >= 15 is 0 Å². The molecule has 222 valence electrons. The van der Waals surface area contributed by atoms with Gasteiger partial charge in [-0.15, -0.1) is 0 Å². The van der Waals surface area contributed by atoms with Crippen molar-refractivity contribution in [3.8, 4) is 16.9 Å². The quantitative estimate of drug-likeness (QED) is 0.275. The number of methoxy groups -OCH3 is 1. The maximum Gasteiger partial charge on any atom is 0.255 e. The van der Waals surface area contributed by atoms with E-state index in [1.807, 2.05) is 31.3 Å². The fourth-order valence-electron chi connectivity index (χ4n) is 7.01. The number of likely N-dealkylation sites (N-methyl/N-ethyl adjacent to an activating group) is 2. The third-order valence-electron chi connectivity index (χ3n) is 8.82. The predicted octanol–water partition coefficient (Wildman–Crippen LogP) is 2.59. The van der Waals surface area contributed by atoms with E-state index in [2.05, 4.69) is 11.0 Å². The summed E-state index contributed by atoms with van der Waals surface area (Å²) in [4.78, 5) is 43.3. The van der Waals surface area contributed by atoms with E-state index in [1.54, 1.807) is 26.1 Å². The van der Waals surface area contributed by atoms with Crippen molar-refractivity contribution in [2.45, 2.75) is 25.4 Å². The first-order valence-corrected chi connectivity index (χ1v) is 14.0. The van der Waals surface area contributed by atoms with Crippen molar-refractivity contribution >= 4 is 23.2 Å². The number of primary amides is 1. The topological polar surface area (TPSA) is 154 Å². The van der Waals surface area contributed by atoms with Gasteiger partial charge in [0.2, 0.25) is 0 Å². The van der Waals surface area contributed by atoms with Gasteiger partial charge in [0, 0.05) is 25.8 Å². The Kier molecular flexibility index (Phi) is 7.98. The van der Waals surface area contributed by atoms with E-state index in [0.717, 1.165) is 23.2 Å². The summed E-state index contributed by atoms with van der Waals surface area (Å²) in [5.74, 6) is -5.85. The molecule has 3 unspecified atom stereocenters. The van der Waals surface area contributed by atoms with Crippen LogP contribution in [0.3, 0.4) is 0 Å². The summed E-state index contributed by atoms with van der Waals surface area (Å²) in [6, 6.07) is 10.6. The van der Waals surface area contributed by atoms with Gasteiger partial charge < -0.3 is 25.8 Å². The van der Waals surface area contributed by atoms with Crippen molar-refractivity contribution in [3.05, 3.63) is 70.0 Å². The van der Waals surface area contributed by atoms with E-state index in [9.17, 15) is 29.7 Å². The molecule has 4 atom stereocenters. The summed E-state index contributed by atoms with van der Waals surface area (Å²) in [6.45, 7) is 2.10. The molecule has 2 aromatic carbocycles. The van der Waals surface area contributed by atoms with Crippen molar-refractivity contribution in [2.75, 3.05) is 41.4 Å². The number of carbonyl (C=O) groups is 3. The Morgan fingerprint density at radius 1 is 1.07 bits per heavy atom. The van der Waals surface area contributed by atoms with Crippen LogP contribution in [0.1, 0.15) is 23.1 Å². The Bertz CT molecular complexity index is 1530. The number of allylic oxidation sites excluding steroid dienone is 1. The number of hydrogen-bond donors (Lipinski definition) is 4. The molecule has 10 heteroatoms. The maximum absolute atomic E-state index is 13.9. The van der Waals surface area contributed by atoms with Crippen LogP contribution < -0.4 is 5.73 Å². The van der Waals surface area contributed by atoms with Gasteiger partial charge in [-0.05, 0) is 80.2 Å². The Balaban J connectivity index is 1.58. The molecule has 5 rings (SSSR count). The molecule has 1 fully saturated rings. The van der Waals surface area contributed by atoms with Crippen molar-refractivity contribution in [1.82, 2.24) is 9.80 Å². The third kappa shape index (κ3) is 4.89. The third-order valence-corrected chi connectivity index (χ3v) is 8.82. The Labute approximate surface area is 244 Å². The number of aliphatic hydroxyl groups is 2. The van der Waals surface area contributed by atoms with Crippen LogP contribution in [0.2, 0.25) is 0 Å². The summed E-state index contributed by atoms with van der Waals surface area (Å²) in [7, 11) is 7.09. The number of nitrogens with two attached hydrogens (primary N) is 1. The number of fused-ring (bicyclic) bond motifs is 3. The molecule has 42 heavy (non-hydrogen) atoms. The summed E-state index contributed by atoms with van der Waals surface area (Å²) in [6.07, 6.45) is 0.645. The Hall–Kier alpha value is -3.99.